The van der Waals surface area contributed by atoms with Crippen LogP contribution in [0.5, 0.6) is 5.75 Å². The Hall–Kier alpha value is -1.91. The molecule has 2 rings (SSSR count). The van der Waals surface area contributed by atoms with Crippen molar-refractivity contribution in [2.45, 2.75) is 26.2 Å². The number of ether oxygens (including phenoxy) is 2. The standard InChI is InChI=1S/C14H15FO4/c1-2-18-13(17)8-19-14-11-5-3-4-10(11)9(7-16)6-12(14)15/h6-7H,2-5,8H2,1H3. The molecule has 102 valence electrons. The first-order valence-corrected chi connectivity index (χ1v) is 6.25. The van der Waals surface area contributed by atoms with Gasteiger partial charge in [-0.05, 0) is 37.8 Å². The molecule has 0 aromatic heterocycles. The maximum Gasteiger partial charge on any atom is 0.344 e. The predicted molar refractivity (Wildman–Crippen MR) is 65.9 cm³/mol. The number of carbonyl (C=O) groups excluding carboxylic acids is 2. The molecule has 0 amide bonds. The van der Waals surface area contributed by atoms with Gasteiger partial charge in [0.1, 0.15) is 6.29 Å². The number of aldehydes is 1. The molecule has 5 heteroatoms. The highest BCUT2D eigenvalue weighted by Gasteiger charge is 2.23. The molecule has 1 aliphatic rings. The molecule has 0 radical (unpaired) electrons. The molecule has 0 aliphatic heterocycles. The number of esters is 1. The van der Waals surface area contributed by atoms with Gasteiger partial charge in [-0.15, -0.1) is 0 Å². The van der Waals surface area contributed by atoms with Crippen LogP contribution in [0.2, 0.25) is 0 Å². The van der Waals surface area contributed by atoms with Crippen LogP contribution in [0.3, 0.4) is 0 Å². The molecule has 0 bridgehead atoms. The van der Waals surface area contributed by atoms with E-state index in [1.54, 1.807) is 6.92 Å². The minimum absolute atomic E-state index is 0.0751. The van der Waals surface area contributed by atoms with E-state index in [0.717, 1.165) is 24.5 Å². The summed E-state index contributed by atoms with van der Waals surface area (Å²) in [5.74, 6) is -1.06. The van der Waals surface area contributed by atoms with E-state index in [1.165, 1.54) is 0 Å². The highest BCUT2D eigenvalue weighted by Crippen LogP contribution is 2.35. The van der Waals surface area contributed by atoms with E-state index in [-0.39, 0.29) is 19.0 Å². The number of fused-ring (bicyclic) bond motifs is 1. The number of hydrogen-bond donors (Lipinski definition) is 0. The Morgan fingerprint density at radius 3 is 2.84 bits per heavy atom. The molecule has 0 spiro atoms. The van der Waals surface area contributed by atoms with E-state index >= 15 is 0 Å². The number of benzene rings is 1. The molecule has 0 saturated heterocycles. The van der Waals surface area contributed by atoms with Crippen LogP contribution in [-0.4, -0.2) is 25.5 Å². The van der Waals surface area contributed by atoms with Crippen LogP contribution in [0.4, 0.5) is 4.39 Å². The molecule has 19 heavy (non-hydrogen) atoms. The number of carbonyl (C=O) groups is 2. The Morgan fingerprint density at radius 2 is 2.16 bits per heavy atom. The molecule has 1 aromatic carbocycles. The van der Waals surface area contributed by atoms with Gasteiger partial charge in [-0.2, -0.15) is 0 Å². The van der Waals surface area contributed by atoms with Crippen LogP contribution < -0.4 is 4.74 Å². The maximum atomic E-state index is 13.9. The van der Waals surface area contributed by atoms with E-state index in [4.69, 9.17) is 9.47 Å². The average Bonchev–Trinajstić information content (AvgIpc) is 2.86. The van der Waals surface area contributed by atoms with Gasteiger partial charge in [0.15, 0.2) is 18.2 Å². The highest BCUT2D eigenvalue weighted by atomic mass is 19.1. The molecule has 4 nitrogen and oxygen atoms in total. The summed E-state index contributed by atoms with van der Waals surface area (Å²) in [6.07, 6.45) is 2.91. The Bertz CT molecular complexity index is 511. The molecular weight excluding hydrogens is 251 g/mol. The Kier molecular flexibility index (Phi) is 4.14. The second-order valence-corrected chi connectivity index (χ2v) is 4.30. The SMILES string of the molecule is CCOC(=O)COc1c(F)cc(C=O)c2c1CCC2. The van der Waals surface area contributed by atoms with Crippen LogP contribution in [0.15, 0.2) is 6.07 Å². The first-order chi connectivity index (χ1) is 9.17. The van der Waals surface area contributed by atoms with Crippen molar-refractivity contribution in [3.63, 3.8) is 0 Å². The van der Waals surface area contributed by atoms with Crippen molar-refractivity contribution in [3.05, 3.63) is 28.6 Å². The first kappa shape index (κ1) is 13.5. The maximum absolute atomic E-state index is 13.9. The molecule has 0 saturated carbocycles. The summed E-state index contributed by atoms with van der Waals surface area (Å²) in [5.41, 5.74) is 1.90. The van der Waals surface area contributed by atoms with E-state index in [2.05, 4.69) is 0 Å². The van der Waals surface area contributed by atoms with Crippen molar-refractivity contribution in [2.24, 2.45) is 0 Å². The third-order valence-electron chi connectivity index (χ3n) is 3.11. The minimum atomic E-state index is -0.605. The lowest BCUT2D eigenvalue weighted by Crippen LogP contribution is -2.16. The summed E-state index contributed by atoms with van der Waals surface area (Å²) in [5, 5.41) is 0. The Balaban J connectivity index is 2.24. The zero-order chi connectivity index (χ0) is 13.8. The molecule has 1 aromatic rings. The topological polar surface area (TPSA) is 52.6 Å². The van der Waals surface area contributed by atoms with Gasteiger partial charge < -0.3 is 9.47 Å². The third-order valence-corrected chi connectivity index (χ3v) is 3.11. The summed E-state index contributed by atoms with van der Waals surface area (Å²) in [4.78, 5) is 22.1. The lowest BCUT2D eigenvalue weighted by Gasteiger charge is -2.12. The summed E-state index contributed by atoms with van der Waals surface area (Å²) in [6, 6.07) is 1.16. The second kappa shape index (κ2) is 5.82. The fourth-order valence-electron chi connectivity index (χ4n) is 2.34. The minimum Gasteiger partial charge on any atom is -0.479 e. The molecule has 0 fully saturated rings. The molecule has 0 atom stereocenters. The summed E-state index contributed by atoms with van der Waals surface area (Å²) >= 11 is 0. The Morgan fingerprint density at radius 1 is 1.42 bits per heavy atom. The number of hydrogen-bond acceptors (Lipinski definition) is 4. The largest absolute Gasteiger partial charge is 0.479 e. The first-order valence-electron chi connectivity index (χ1n) is 6.25. The van der Waals surface area contributed by atoms with Crippen LogP contribution >= 0.6 is 0 Å². The summed E-state index contributed by atoms with van der Waals surface area (Å²) in [7, 11) is 0. The van der Waals surface area contributed by atoms with Crippen LogP contribution in [0.25, 0.3) is 0 Å². The van der Waals surface area contributed by atoms with E-state index in [9.17, 15) is 14.0 Å². The smallest absolute Gasteiger partial charge is 0.344 e. The third kappa shape index (κ3) is 2.75. The van der Waals surface area contributed by atoms with Gasteiger partial charge in [0.25, 0.3) is 0 Å². The van der Waals surface area contributed by atoms with Gasteiger partial charge >= 0.3 is 5.97 Å². The van der Waals surface area contributed by atoms with Gasteiger partial charge in [-0.1, -0.05) is 0 Å². The van der Waals surface area contributed by atoms with Gasteiger partial charge in [-0.3, -0.25) is 4.79 Å². The number of halogens is 1. The molecule has 0 unspecified atom stereocenters. The monoisotopic (exact) mass is 266 g/mol. The molecular formula is C14H15FO4. The zero-order valence-corrected chi connectivity index (χ0v) is 10.7. The normalized spacial score (nSPS) is 12.9. The van der Waals surface area contributed by atoms with Crippen LogP contribution in [0.1, 0.15) is 34.8 Å². The van der Waals surface area contributed by atoms with Crippen molar-refractivity contribution in [3.8, 4) is 5.75 Å². The van der Waals surface area contributed by atoms with Gasteiger partial charge in [0, 0.05) is 11.1 Å². The fourth-order valence-corrected chi connectivity index (χ4v) is 2.34. The Labute approximate surface area is 110 Å². The lowest BCUT2D eigenvalue weighted by atomic mass is 10.0. The van der Waals surface area contributed by atoms with Gasteiger partial charge in [-0.25, -0.2) is 9.18 Å². The molecule has 1 aliphatic carbocycles. The fraction of sp³-hybridized carbons (Fsp3) is 0.429. The van der Waals surface area contributed by atoms with Crippen molar-refractivity contribution in [1.82, 2.24) is 0 Å². The highest BCUT2D eigenvalue weighted by molar-refractivity contribution is 5.79. The average molecular weight is 266 g/mol. The second-order valence-electron chi connectivity index (χ2n) is 4.30. The van der Waals surface area contributed by atoms with E-state index < -0.39 is 11.8 Å². The molecule has 0 heterocycles. The van der Waals surface area contributed by atoms with E-state index in [1.807, 2.05) is 0 Å². The van der Waals surface area contributed by atoms with Crippen molar-refractivity contribution in [1.29, 1.82) is 0 Å². The van der Waals surface area contributed by atoms with Crippen molar-refractivity contribution >= 4 is 12.3 Å². The number of rotatable bonds is 5. The van der Waals surface area contributed by atoms with Gasteiger partial charge in [0.2, 0.25) is 0 Å². The zero-order valence-electron chi connectivity index (χ0n) is 10.7. The van der Waals surface area contributed by atoms with Gasteiger partial charge in [0.05, 0.1) is 6.61 Å². The van der Waals surface area contributed by atoms with Crippen molar-refractivity contribution < 1.29 is 23.5 Å². The van der Waals surface area contributed by atoms with E-state index in [0.29, 0.717) is 23.8 Å². The predicted octanol–water partition coefficient (Wildman–Crippen LogP) is 2.07. The summed E-state index contributed by atoms with van der Waals surface area (Å²) < 4.78 is 23.8. The van der Waals surface area contributed by atoms with Crippen LogP contribution in [-0.2, 0) is 22.4 Å². The molecule has 0 N–H and O–H groups in total. The van der Waals surface area contributed by atoms with Crippen molar-refractivity contribution in [2.75, 3.05) is 13.2 Å². The summed E-state index contributed by atoms with van der Waals surface area (Å²) in [6.45, 7) is 1.62. The lowest BCUT2D eigenvalue weighted by molar-refractivity contribution is -0.145. The van der Waals surface area contributed by atoms with Crippen LogP contribution in [0, 0.1) is 5.82 Å². The quantitative estimate of drug-likeness (QED) is 0.604.